The first-order chi connectivity index (χ1) is 13.5. The SMILES string of the molecule is C[C@@H](Oc1ccc(C#N)cc1)C(=O)N(C)[C@@H](C)c1ccc(-n2cncn2)cc1. The van der Waals surface area contributed by atoms with E-state index < -0.39 is 6.10 Å². The molecular formula is C21H21N5O2. The molecule has 2 atom stereocenters. The Labute approximate surface area is 163 Å². The van der Waals surface area contributed by atoms with Gasteiger partial charge in [-0.25, -0.2) is 9.67 Å². The van der Waals surface area contributed by atoms with Crippen LogP contribution >= 0.6 is 0 Å². The van der Waals surface area contributed by atoms with Crippen LogP contribution in [-0.2, 0) is 4.79 Å². The van der Waals surface area contributed by atoms with E-state index in [-0.39, 0.29) is 11.9 Å². The second-order valence-corrected chi connectivity index (χ2v) is 6.45. The zero-order valence-corrected chi connectivity index (χ0v) is 16.0. The molecule has 0 aliphatic carbocycles. The number of nitriles is 1. The summed E-state index contributed by atoms with van der Waals surface area (Å²) in [6.45, 7) is 3.69. The first kappa shape index (κ1) is 19.1. The number of amides is 1. The first-order valence-corrected chi connectivity index (χ1v) is 8.88. The highest BCUT2D eigenvalue weighted by molar-refractivity contribution is 5.81. The molecule has 3 rings (SSSR count). The fraction of sp³-hybridized carbons (Fsp3) is 0.238. The molecule has 2 aromatic carbocycles. The Morgan fingerprint density at radius 3 is 2.39 bits per heavy atom. The van der Waals surface area contributed by atoms with Crippen molar-refractivity contribution >= 4 is 5.91 Å². The number of likely N-dealkylation sites (N-methyl/N-ethyl adjacent to an activating group) is 1. The number of hydrogen-bond acceptors (Lipinski definition) is 5. The van der Waals surface area contributed by atoms with Gasteiger partial charge in [0.2, 0.25) is 0 Å². The Bertz CT molecular complexity index is 960. The third-order valence-electron chi connectivity index (χ3n) is 4.63. The molecule has 0 fully saturated rings. The molecule has 142 valence electrons. The molecule has 1 amide bonds. The van der Waals surface area contributed by atoms with Crippen molar-refractivity contribution in [3.63, 3.8) is 0 Å². The number of nitrogens with zero attached hydrogens (tertiary/aromatic N) is 5. The predicted octanol–water partition coefficient (Wildman–Crippen LogP) is 3.13. The van der Waals surface area contributed by atoms with Crippen molar-refractivity contribution in [2.75, 3.05) is 7.05 Å². The molecule has 1 heterocycles. The molecule has 0 saturated carbocycles. The molecule has 0 radical (unpaired) electrons. The van der Waals surface area contributed by atoms with Crippen LogP contribution in [0.2, 0.25) is 0 Å². The van der Waals surface area contributed by atoms with Gasteiger partial charge in [0.05, 0.1) is 23.4 Å². The van der Waals surface area contributed by atoms with Crippen molar-refractivity contribution in [3.05, 3.63) is 72.3 Å². The Kier molecular flexibility index (Phi) is 5.70. The summed E-state index contributed by atoms with van der Waals surface area (Å²) in [6.07, 6.45) is 2.48. The highest BCUT2D eigenvalue weighted by atomic mass is 16.5. The Morgan fingerprint density at radius 2 is 1.82 bits per heavy atom. The van der Waals surface area contributed by atoms with E-state index in [1.807, 2.05) is 31.2 Å². The summed E-state index contributed by atoms with van der Waals surface area (Å²) in [5.74, 6) is 0.426. The Morgan fingerprint density at radius 1 is 1.14 bits per heavy atom. The van der Waals surface area contributed by atoms with Gasteiger partial charge in [0, 0.05) is 7.05 Å². The van der Waals surface area contributed by atoms with Gasteiger partial charge in [-0.3, -0.25) is 4.79 Å². The van der Waals surface area contributed by atoms with Gasteiger partial charge in [0.25, 0.3) is 5.91 Å². The molecule has 0 aliphatic heterocycles. The van der Waals surface area contributed by atoms with Gasteiger partial charge in [-0.15, -0.1) is 0 Å². The maximum Gasteiger partial charge on any atom is 0.263 e. The number of rotatable bonds is 6. The molecule has 0 bridgehead atoms. The number of ether oxygens (including phenoxy) is 1. The third-order valence-corrected chi connectivity index (χ3v) is 4.63. The molecule has 0 spiro atoms. The van der Waals surface area contributed by atoms with E-state index in [1.54, 1.807) is 54.1 Å². The molecule has 0 unspecified atom stereocenters. The highest BCUT2D eigenvalue weighted by Gasteiger charge is 2.24. The normalized spacial score (nSPS) is 12.6. The fourth-order valence-electron chi connectivity index (χ4n) is 2.81. The van der Waals surface area contributed by atoms with Crippen LogP contribution in [0, 0.1) is 11.3 Å². The van der Waals surface area contributed by atoms with Crippen LogP contribution in [0.1, 0.15) is 31.0 Å². The largest absolute Gasteiger partial charge is 0.481 e. The van der Waals surface area contributed by atoms with Gasteiger partial charge < -0.3 is 9.64 Å². The maximum atomic E-state index is 12.8. The van der Waals surface area contributed by atoms with E-state index in [9.17, 15) is 4.79 Å². The van der Waals surface area contributed by atoms with Crippen LogP contribution in [-0.4, -0.2) is 38.7 Å². The van der Waals surface area contributed by atoms with Crippen molar-refractivity contribution in [1.82, 2.24) is 19.7 Å². The second-order valence-electron chi connectivity index (χ2n) is 6.45. The van der Waals surface area contributed by atoms with Crippen LogP contribution in [0.25, 0.3) is 5.69 Å². The summed E-state index contributed by atoms with van der Waals surface area (Å²) in [6, 6.07) is 16.5. The lowest BCUT2D eigenvalue weighted by molar-refractivity contribution is -0.138. The van der Waals surface area contributed by atoms with E-state index in [0.29, 0.717) is 11.3 Å². The van der Waals surface area contributed by atoms with E-state index in [1.165, 1.54) is 6.33 Å². The summed E-state index contributed by atoms with van der Waals surface area (Å²) < 4.78 is 7.41. The lowest BCUT2D eigenvalue weighted by Crippen LogP contribution is -2.39. The fourth-order valence-corrected chi connectivity index (χ4v) is 2.81. The predicted molar refractivity (Wildman–Crippen MR) is 104 cm³/mol. The molecule has 1 aromatic heterocycles. The minimum atomic E-state index is -0.644. The number of aromatic nitrogens is 3. The minimum absolute atomic E-state index is 0.121. The summed E-state index contributed by atoms with van der Waals surface area (Å²) in [7, 11) is 1.76. The highest BCUT2D eigenvalue weighted by Crippen LogP contribution is 2.22. The monoisotopic (exact) mass is 375 g/mol. The van der Waals surface area contributed by atoms with Gasteiger partial charge in [-0.2, -0.15) is 10.4 Å². The summed E-state index contributed by atoms with van der Waals surface area (Å²) in [5, 5.41) is 13.0. The Balaban J connectivity index is 1.65. The average Bonchev–Trinajstić information content (AvgIpc) is 3.27. The van der Waals surface area contributed by atoms with Crippen molar-refractivity contribution in [2.24, 2.45) is 0 Å². The van der Waals surface area contributed by atoms with Crippen LogP contribution in [0.5, 0.6) is 5.75 Å². The molecule has 7 nitrogen and oxygen atoms in total. The molecule has 28 heavy (non-hydrogen) atoms. The van der Waals surface area contributed by atoms with Crippen molar-refractivity contribution < 1.29 is 9.53 Å². The van der Waals surface area contributed by atoms with E-state index >= 15 is 0 Å². The van der Waals surface area contributed by atoms with E-state index in [4.69, 9.17) is 10.00 Å². The van der Waals surface area contributed by atoms with E-state index in [2.05, 4.69) is 16.2 Å². The van der Waals surface area contributed by atoms with Gasteiger partial charge >= 0.3 is 0 Å². The molecule has 3 aromatic rings. The lowest BCUT2D eigenvalue weighted by Gasteiger charge is -2.28. The van der Waals surface area contributed by atoms with Crippen molar-refractivity contribution in [1.29, 1.82) is 5.26 Å². The topological polar surface area (TPSA) is 84.0 Å². The van der Waals surface area contributed by atoms with Crippen LogP contribution in [0.15, 0.2) is 61.2 Å². The Hall–Kier alpha value is -3.66. The third kappa shape index (κ3) is 4.18. The number of hydrogen-bond donors (Lipinski definition) is 0. The summed E-state index contributed by atoms with van der Waals surface area (Å²) >= 11 is 0. The maximum absolute atomic E-state index is 12.8. The minimum Gasteiger partial charge on any atom is -0.481 e. The molecule has 0 aliphatic rings. The number of carbonyl (C=O) groups is 1. The number of benzene rings is 2. The van der Waals surface area contributed by atoms with Gasteiger partial charge in [-0.05, 0) is 55.8 Å². The molecule has 0 N–H and O–H groups in total. The molecular weight excluding hydrogens is 354 g/mol. The molecule has 0 saturated heterocycles. The summed E-state index contributed by atoms with van der Waals surface area (Å²) in [5.41, 5.74) is 2.46. The second kappa shape index (κ2) is 8.35. The number of carbonyl (C=O) groups excluding carboxylic acids is 1. The van der Waals surface area contributed by atoms with Gasteiger partial charge in [0.1, 0.15) is 18.4 Å². The van der Waals surface area contributed by atoms with Crippen LogP contribution in [0.3, 0.4) is 0 Å². The van der Waals surface area contributed by atoms with E-state index in [0.717, 1.165) is 11.3 Å². The zero-order valence-electron chi connectivity index (χ0n) is 16.0. The average molecular weight is 375 g/mol. The summed E-state index contributed by atoms with van der Waals surface area (Å²) in [4.78, 5) is 18.4. The van der Waals surface area contributed by atoms with Crippen LogP contribution < -0.4 is 4.74 Å². The van der Waals surface area contributed by atoms with Crippen molar-refractivity contribution in [3.8, 4) is 17.5 Å². The smallest absolute Gasteiger partial charge is 0.263 e. The quantitative estimate of drug-likeness (QED) is 0.661. The van der Waals surface area contributed by atoms with Gasteiger partial charge in [-0.1, -0.05) is 12.1 Å². The standard InChI is InChI=1S/C21H21N5O2/c1-15(18-6-8-19(9-7-18)26-14-23-13-24-26)25(3)21(27)16(2)28-20-10-4-17(12-22)5-11-20/h4-11,13-16H,1-3H3/t15-,16+/m0/s1. The molecule has 7 heteroatoms. The zero-order chi connectivity index (χ0) is 20.1. The first-order valence-electron chi connectivity index (χ1n) is 8.88. The van der Waals surface area contributed by atoms with Gasteiger partial charge in [0.15, 0.2) is 6.10 Å². The van der Waals surface area contributed by atoms with Crippen molar-refractivity contribution in [2.45, 2.75) is 26.0 Å². The van der Waals surface area contributed by atoms with Crippen LogP contribution in [0.4, 0.5) is 0 Å². The lowest BCUT2D eigenvalue weighted by atomic mass is 10.1.